The second-order valence-corrected chi connectivity index (χ2v) is 0.567. The van der Waals surface area contributed by atoms with Gasteiger partial charge in [-0.3, -0.25) is 0 Å². The first-order valence-corrected chi connectivity index (χ1v) is 1.20. The van der Waals surface area contributed by atoms with Crippen LogP contribution in [0.1, 0.15) is 0 Å². The van der Waals surface area contributed by atoms with Gasteiger partial charge in [0.05, 0.1) is 0 Å². The molecule has 0 rings (SSSR count). The Labute approximate surface area is 34.4 Å². The van der Waals surface area contributed by atoms with Crippen molar-refractivity contribution in [3.63, 3.8) is 0 Å². The Morgan fingerprint density at radius 3 is 2.33 bits per heavy atom. The van der Waals surface area contributed by atoms with E-state index in [-0.39, 0.29) is 7.28 Å². The fourth-order valence-electron chi connectivity index (χ4n) is 0.0504. The van der Waals surface area contributed by atoms with Crippen molar-refractivity contribution in [2.75, 3.05) is 0 Å². The van der Waals surface area contributed by atoms with Crippen LogP contribution >= 0.6 is 0 Å². The molecule has 0 radical (unpaired) electrons. The van der Waals surface area contributed by atoms with Crippen LogP contribution < -0.4 is 5.23 Å². The van der Waals surface area contributed by atoms with Crippen LogP contribution in [0.15, 0.2) is 0 Å². The molecular weight excluding hydrogens is 84.8 g/mol. The van der Waals surface area contributed by atoms with Crippen molar-refractivity contribution < 1.29 is 14.6 Å². The van der Waals surface area contributed by atoms with Gasteiger partial charge in [0.25, 0.3) is 0 Å². The van der Waals surface area contributed by atoms with Gasteiger partial charge in [-0.1, -0.05) is 0 Å². The van der Waals surface area contributed by atoms with Crippen LogP contribution in [0.2, 0.25) is 0 Å². The van der Waals surface area contributed by atoms with Crippen LogP contribution in [-0.2, 0) is 4.70 Å². The summed E-state index contributed by atoms with van der Waals surface area (Å²) in [5, 5.41) is 9.02. The van der Waals surface area contributed by atoms with E-state index in [0.717, 1.165) is 0 Å². The van der Waals surface area contributed by atoms with E-state index in [9.17, 15) is 4.79 Å². The summed E-state index contributed by atoms with van der Waals surface area (Å²) in [6.07, 6.45) is -1.33. The SMILES string of the molecule is O=BNC(=O)O. The third kappa shape index (κ3) is 3.13. The van der Waals surface area contributed by atoms with Crippen molar-refractivity contribution in [3.8, 4) is 0 Å². The Morgan fingerprint density at radius 1 is 1.83 bits per heavy atom. The number of amides is 1. The average molecular weight is 86.8 g/mol. The van der Waals surface area contributed by atoms with Gasteiger partial charge in [0.2, 0.25) is 0 Å². The molecule has 6 heavy (non-hydrogen) atoms. The molecule has 1 amide bonds. The maximum absolute atomic E-state index is 9.26. The Hall–Kier alpha value is -0.865. The molecule has 0 fully saturated rings. The molecule has 2 N–H and O–H groups in total. The normalized spacial score (nSPS) is 6.00. The second kappa shape index (κ2) is 2.38. The van der Waals surface area contributed by atoms with E-state index in [1.807, 2.05) is 0 Å². The van der Waals surface area contributed by atoms with Crippen LogP contribution in [0, 0.1) is 0 Å². The van der Waals surface area contributed by atoms with Gasteiger partial charge in [0.15, 0.2) is 0 Å². The second-order valence-electron chi connectivity index (χ2n) is 0.567. The summed E-state index contributed by atoms with van der Waals surface area (Å²) in [5.74, 6) is 0. The van der Waals surface area contributed by atoms with Crippen molar-refractivity contribution in [1.82, 2.24) is 5.23 Å². The Bertz CT molecular complexity index is 71.2. The zero-order valence-electron chi connectivity index (χ0n) is 2.84. The van der Waals surface area contributed by atoms with Gasteiger partial charge in [-0.25, -0.2) is 0 Å². The van der Waals surface area contributed by atoms with E-state index in [1.165, 1.54) is 5.23 Å². The topological polar surface area (TPSA) is 66.4 Å². The van der Waals surface area contributed by atoms with E-state index in [0.29, 0.717) is 0 Å². The summed E-state index contributed by atoms with van der Waals surface area (Å²) >= 11 is 0. The molecule has 0 spiro atoms. The molecule has 0 aliphatic heterocycles. The number of hydrogen-bond donors (Lipinski definition) is 2. The fraction of sp³-hybridized carbons (Fsp3) is 0. The minimum absolute atomic E-state index is 0.0995. The van der Waals surface area contributed by atoms with Gasteiger partial charge in [-0.2, -0.15) is 0 Å². The van der Waals surface area contributed by atoms with Crippen molar-refractivity contribution in [2.45, 2.75) is 0 Å². The Kier molecular flexibility index (Phi) is 2.03. The average Bonchev–Trinajstić information content (AvgIpc) is 1.35. The summed E-state index contributed by atoms with van der Waals surface area (Å²) in [6.45, 7) is 0. The van der Waals surface area contributed by atoms with Crippen molar-refractivity contribution in [1.29, 1.82) is 0 Å². The molecule has 0 aromatic carbocycles. The number of hydrogen-bond acceptors (Lipinski definition) is 2. The molecule has 4 nitrogen and oxygen atoms in total. The predicted octanol–water partition coefficient (Wildman–Crippen LogP) is -0.781. The van der Waals surface area contributed by atoms with Crippen LogP contribution in [0.4, 0.5) is 4.79 Å². The summed E-state index contributed by atoms with van der Waals surface area (Å²) in [7, 11) is 0.0995. The molecule has 0 saturated heterocycles. The molecule has 0 unspecified atom stereocenters. The van der Waals surface area contributed by atoms with Crippen LogP contribution in [0.5, 0.6) is 0 Å². The Morgan fingerprint density at radius 2 is 2.33 bits per heavy atom. The van der Waals surface area contributed by atoms with Crippen LogP contribution in [0.3, 0.4) is 0 Å². The molecule has 0 aliphatic carbocycles. The number of carbonyl (C=O) groups is 1. The number of carboxylic acid groups (broad SMARTS) is 1. The van der Waals surface area contributed by atoms with Gasteiger partial charge in [-0.15, -0.1) is 0 Å². The molecule has 0 bridgehead atoms. The molecule has 0 aromatic rings. The van der Waals surface area contributed by atoms with Gasteiger partial charge in [0.1, 0.15) is 0 Å². The molecule has 0 aliphatic rings. The third-order valence-electron chi connectivity index (χ3n) is 0.182. The van der Waals surface area contributed by atoms with Gasteiger partial charge >= 0.3 is 33.2 Å². The molecule has 0 atom stereocenters. The van der Waals surface area contributed by atoms with E-state index in [1.54, 1.807) is 0 Å². The van der Waals surface area contributed by atoms with E-state index in [2.05, 4.69) is 0 Å². The molecule has 0 aromatic heterocycles. The Balaban J connectivity index is 3.05. The first-order valence-electron chi connectivity index (χ1n) is 1.20. The standard InChI is InChI=1S/CH2BNO3/c4-1(5)3-2-6/h3H,(H,4,5). The van der Waals surface area contributed by atoms with E-state index >= 15 is 0 Å². The zero-order valence-corrected chi connectivity index (χ0v) is 2.84. The molecular formula is CH2BNO3. The predicted molar refractivity (Wildman–Crippen MR) is 17.6 cm³/mol. The summed E-state index contributed by atoms with van der Waals surface area (Å²) in [4.78, 5) is 9.26. The van der Waals surface area contributed by atoms with Crippen molar-refractivity contribution in [3.05, 3.63) is 0 Å². The van der Waals surface area contributed by atoms with Crippen LogP contribution in [0.25, 0.3) is 0 Å². The van der Waals surface area contributed by atoms with Crippen LogP contribution in [-0.4, -0.2) is 18.5 Å². The van der Waals surface area contributed by atoms with E-state index < -0.39 is 6.09 Å². The molecule has 5 heteroatoms. The maximum atomic E-state index is 9.26. The molecule has 0 saturated carbocycles. The van der Waals surface area contributed by atoms with Gasteiger partial charge < -0.3 is 0 Å². The van der Waals surface area contributed by atoms with Gasteiger partial charge in [0, 0.05) is 0 Å². The monoisotopic (exact) mass is 87.0 g/mol. The summed E-state index contributed by atoms with van der Waals surface area (Å²) in [6, 6.07) is 0. The first kappa shape index (κ1) is 5.13. The third-order valence-corrected chi connectivity index (χ3v) is 0.182. The van der Waals surface area contributed by atoms with Gasteiger partial charge in [-0.05, 0) is 0 Å². The molecule has 0 heterocycles. The first-order chi connectivity index (χ1) is 2.77. The van der Waals surface area contributed by atoms with E-state index in [4.69, 9.17) is 9.81 Å². The van der Waals surface area contributed by atoms with Crippen molar-refractivity contribution >= 4 is 13.4 Å². The quantitative estimate of drug-likeness (QED) is 0.412. The number of nitrogens with one attached hydrogen (secondary N) is 1. The minimum atomic E-state index is -1.33. The summed E-state index contributed by atoms with van der Waals surface area (Å²) in [5.41, 5.74) is 0. The van der Waals surface area contributed by atoms with Crippen molar-refractivity contribution in [2.24, 2.45) is 0 Å². The fourth-order valence-corrected chi connectivity index (χ4v) is 0.0504. The summed E-state index contributed by atoms with van der Waals surface area (Å²) < 4.78 is 9.12. The number of rotatable bonds is 1. The molecule has 32 valence electrons. The zero-order chi connectivity index (χ0) is 4.99.